The summed E-state index contributed by atoms with van der Waals surface area (Å²) in [7, 11) is 1.91. The van der Waals surface area contributed by atoms with Crippen LogP contribution in [0.25, 0.3) is 0 Å². The molecule has 0 amide bonds. The maximum atomic E-state index is 5.39. The molecular weight excluding hydrogens is 178 g/mol. The lowest BCUT2D eigenvalue weighted by atomic mass is 10.1. The molecular formula is C10H17N3O. The van der Waals surface area contributed by atoms with Gasteiger partial charge < -0.3 is 15.1 Å². The molecule has 1 aromatic heterocycles. The largest absolute Gasteiger partial charge is 0.449 e. The van der Waals surface area contributed by atoms with E-state index in [9.17, 15) is 0 Å². The summed E-state index contributed by atoms with van der Waals surface area (Å²) in [5, 5.41) is 6.48. The SMILES string of the molecule is CNCc1coc(CC2CCCN2)n1. The number of oxazole rings is 1. The number of hydrogen-bond acceptors (Lipinski definition) is 4. The quantitative estimate of drug-likeness (QED) is 0.742. The first kappa shape index (κ1) is 9.68. The minimum atomic E-state index is 0.566. The molecule has 14 heavy (non-hydrogen) atoms. The van der Waals surface area contributed by atoms with Crippen LogP contribution in [0.4, 0.5) is 0 Å². The molecule has 0 aliphatic carbocycles. The monoisotopic (exact) mass is 195 g/mol. The Morgan fingerprint density at radius 3 is 3.36 bits per heavy atom. The Bertz CT molecular complexity index is 279. The summed E-state index contributed by atoms with van der Waals surface area (Å²) in [5.74, 6) is 0.856. The van der Waals surface area contributed by atoms with Crippen molar-refractivity contribution in [3.05, 3.63) is 17.8 Å². The number of nitrogens with zero attached hydrogens (tertiary/aromatic N) is 1. The predicted octanol–water partition coefficient (Wildman–Crippen LogP) is 0.688. The van der Waals surface area contributed by atoms with Crippen molar-refractivity contribution in [2.24, 2.45) is 0 Å². The lowest BCUT2D eigenvalue weighted by Gasteiger charge is -2.05. The van der Waals surface area contributed by atoms with E-state index in [-0.39, 0.29) is 0 Å². The van der Waals surface area contributed by atoms with Crippen LogP contribution in [0.2, 0.25) is 0 Å². The van der Waals surface area contributed by atoms with Crippen molar-refractivity contribution >= 4 is 0 Å². The summed E-state index contributed by atoms with van der Waals surface area (Å²) in [6, 6.07) is 0.566. The summed E-state index contributed by atoms with van der Waals surface area (Å²) in [6.07, 6.45) is 5.17. The molecule has 0 aromatic carbocycles. The molecule has 1 aliphatic heterocycles. The third kappa shape index (κ3) is 2.33. The highest BCUT2D eigenvalue weighted by atomic mass is 16.3. The fraction of sp³-hybridized carbons (Fsp3) is 0.700. The standard InChI is InChI=1S/C10H17N3O/c1-11-6-9-7-14-10(13-9)5-8-3-2-4-12-8/h7-8,11-12H,2-6H2,1H3. The molecule has 1 unspecified atom stereocenters. The van der Waals surface area contributed by atoms with Gasteiger partial charge in [0, 0.05) is 19.0 Å². The van der Waals surface area contributed by atoms with Gasteiger partial charge >= 0.3 is 0 Å². The molecule has 0 spiro atoms. The maximum absolute atomic E-state index is 5.39. The van der Waals surface area contributed by atoms with Gasteiger partial charge in [-0.2, -0.15) is 0 Å². The van der Waals surface area contributed by atoms with E-state index < -0.39 is 0 Å². The topological polar surface area (TPSA) is 50.1 Å². The van der Waals surface area contributed by atoms with E-state index in [0.717, 1.165) is 31.1 Å². The van der Waals surface area contributed by atoms with E-state index in [2.05, 4.69) is 15.6 Å². The average molecular weight is 195 g/mol. The number of hydrogen-bond donors (Lipinski definition) is 2. The molecule has 1 fully saturated rings. The van der Waals surface area contributed by atoms with Crippen LogP contribution >= 0.6 is 0 Å². The van der Waals surface area contributed by atoms with Crippen molar-refractivity contribution in [3.63, 3.8) is 0 Å². The Hall–Kier alpha value is -0.870. The van der Waals surface area contributed by atoms with Gasteiger partial charge in [0.15, 0.2) is 5.89 Å². The predicted molar refractivity (Wildman–Crippen MR) is 54.0 cm³/mol. The molecule has 1 saturated heterocycles. The van der Waals surface area contributed by atoms with Gasteiger partial charge in [-0.15, -0.1) is 0 Å². The molecule has 0 radical (unpaired) electrons. The van der Waals surface area contributed by atoms with Gasteiger partial charge in [0.1, 0.15) is 6.26 Å². The van der Waals surface area contributed by atoms with E-state index in [0.29, 0.717) is 6.04 Å². The fourth-order valence-electron chi connectivity index (χ4n) is 1.85. The van der Waals surface area contributed by atoms with E-state index in [4.69, 9.17) is 4.42 Å². The molecule has 2 N–H and O–H groups in total. The van der Waals surface area contributed by atoms with E-state index >= 15 is 0 Å². The van der Waals surface area contributed by atoms with Gasteiger partial charge in [-0.05, 0) is 26.4 Å². The van der Waals surface area contributed by atoms with Crippen LogP contribution in [0.5, 0.6) is 0 Å². The molecule has 4 nitrogen and oxygen atoms in total. The van der Waals surface area contributed by atoms with Crippen molar-refractivity contribution in [1.29, 1.82) is 0 Å². The van der Waals surface area contributed by atoms with Gasteiger partial charge in [0.25, 0.3) is 0 Å². The summed E-state index contributed by atoms with van der Waals surface area (Å²) in [5.41, 5.74) is 0.987. The first-order chi connectivity index (χ1) is 6.88. The number of rotatable bonds is 4. The Balaban J connectivity index is 1.88. The molecule has 2 rings (SSSR count). The van der Waals surface area contributed by atoms with Crippen LogP contribution in [0.1, 0.15) is 24.4 Å². The van der Waals surface area contributed by atoms with Crippen molar-refractivity contribution < 1.29 is 4.42 Å². The molecule has 1 aromatic rings. The smallest absolute Gasteiger partial charge is 0.195 e. The maximum Gasteiger partial charge on any atom is 0.195 e. The highest BCUT2D eigenvalue weighted by Crippen LogP contribution is 2.11. The van der Waals surface area contributed by atoms with Crippen molar-refractivity contribution in [3.8, 4) is 0 Å². The first-order valence-electron chi connectivity index (χ1n) is 5.20. The fourth-order valence-corrected chi connectivity index (χ4v) is 1.85. The summed E-state index contributed by atoms with van der Waals surface area (Å²) >= 11 is 0. The van der Waals surface area contributed by atoms with Crippen molar-refractivity contribution in [2.45, 2.75) is 31.8 Å². The molecule has 0 saturated carbocycles. The molecule has 2 heterocycles. The first-order valence-corrected chi connectivity index (χ1v) is 5.20. The number of nitrogens with one attached hydrogen (secondary N) is 2. The summed E-state index contributed by atoms with van der Waals surface area (Å²) in [6.45, 7) is 1.91. The van der Waals surface area contributed by atoms with Crippen LogP contribution in [0, 0.1) is 0 Å². The third-order valence-electron chi connectivity index (χ3n) is 2.54. The minimum absolute atomic E-state index is 0.566. The van der Waals surface area contributed by atoms with Crippen LogP contribution in [-0.4, -0.2) is 24.6 Å². The Morgan fingerprint density at radius 1 is 1.71 bits per heavy atom. The lowest BCUT2D eigenvalue weighted by Crippen LogP contribution is -2.23. The van der Waals surface area contributed by atoms with Crippen molar-refractivity contribution in [2.75, 3.05) is 13.6 Å². The van der Waals surface area contributed by atoms with Crippen molar-refractivity contribution in [1.82, 2.24) is 15.6 Å². The lowest BCUT2D eigenvalue weighted by molar-refractivity contribution is 0.456. The van der Waals surface area contributed by atoms with Gasteiger partial charge in [-0.3, -0.25) is 0 Å². The molecule has 1 aliphatic rings. The van der Waals surface area contributed by atoms with Crippen LogP contribution < -0.4 is 10.6 Å². The van der Waals surface area contributed by atoms with Gasteiger partial charge in [0.2, 0.25) is 0 Å². The second kappa shape index (κ2) is 4.57. The van der Waals surface area contributed by atoms with Gasteiger partial charge in [-0.1, -0.05) is 0 Å². The third-order valence-corrected chi connectivity index (χ3v) is 2.54. The van der Waals surface area contributed by atoms with Gasteiger partial charge in [-0.25, -0.2) is 4.98 Å². The number of aromatic nitrogens is 1. The summed E-state index contributed by atoms with van der Waals surface area (Å²) in [4.78, 5) is 4.39. The zero-order valence-electron chi connectivity index (χ0n) is 8.55. The second-order valence-corrected chi connectivity index (χ2v) is 3.76. The minimum Gasteiger partial charge on any atom is -0.449 e. The normalized spacial score (nSPS) is 21.6. The van der Waals surface area contributed by atoms with E-state index in [1.54, 1.807) is 6.26 Å². The molecule has 78 valence electrons. The summed E-state index contributed by atoms with van der Waals surface area (Å²) < 4.78 is 5.39. The van der Waals surface area contributed by atoms with E-state index in [1.165, 1.54) is 12.8 Å². The van der Waals surface area contributed by atoms with Gasteiger partial charge in [0.05, 0.1) is 5.69 Å². The molecule has 1 atom stereocenters. The van der Waals surface area contributed by atoms with Crippen LogP contribution in [-0.2, 0) is 13.0 Å². The molecule has 0 bridgehead atoms. The highest BCUT2D eigenvalue weighted by molar-refractivity contribution is 4.98. The Kier molecular flexibility index (Phi) is 3.16. The molecule has 4 heteroatoms. The Labute approximate surface area is 84.1 Å². The van der Waals surface area contributed by atoms with E-state index in [1.807, 2.05) is 7.05 Å². The van der Waals surface area contributed by atoms with Crippen LogP contribution in [0.15, 0.2) is 10.7 Å². The second-order valence-electron chi connectivity index (χ2n) is 3.76. The van der Waals surface area contributed by atoms with Crippen LogP contribution in [0.3, 0.4) is 0 Å². The zero-order valence-corrected chi connectivity index (χ0v) is 8.55. The average Bonchev–Trinajstić information content (AvgIpc) is 2.79. The highest BCUT2D eigenvalue weighted by Gasteiger charge is 2.16. The zero-order chi connectivity index (χ0) is 9.80. The Morgan fingerprint density at radius 2 is 2.64 bits per heavy atom.